The smallest absolute Gasteiger partial charge is 0.00801 e. The predicted octanol–water partition coefficient (Wildman–Crippen LogP) is 4.21. The van der Waals surface area contributed by atoms with Crippen molar-refractivity contribution in [3.63, 3.8) is 0 Å². The van der Waals surface area contributed by atoms with E-state index in [1.165, 1.54) is 25.7 Å². The molecule has 0 bridgehead atoms. The van der Waals surface area contributed by atoms with Crippen LogP contribution in [0.1, 0.15) is 49.5 Å². The highest BCUT2D eigenvalue weighted by atomic mass is 32.1. The van der Waals surface area contributed by atoms with Gasteiger partial charge in [0, 0.05) is 4.88 Å². The molecule has 0 aliphatic heterocycles. The lowest BCUT2D eigenvalue weighted by Gasteiger charge is -2.19. The average molecular weight is 194 g/mol. The van der Waals surface area contributed by atoms with Crippen molar-refractivity contribution in [1.82, 2.24) is 0 Å². The zero-order chi connectivity index (χ0) is 9.26. The molecule has 1 heteroatoms. The monoisotopic (exact) mass is 194 g/mol. The summed E-state index contributed by atoms with van der Waals surface area (Å²) in [7, 11) is 0. The highest BCUT2D eigenvalue weighted by molar-refractivity contribution is 7.10. The first-order chi connectivity index (χ1) is 6.29. The summed E-state index contributed by atoms with van der Waals surface area (Å²) in [4.78, 5) is 1.66. The fourth-order valence-electron chi connectivity index (χ4n) is 2.38. The summed E-state index contributed by atoms with van der Waals surface area (Å²) in [5.41, 5.74) is 1.66. The maximum absolute atomic E-state index is 2.36. The van der Waals surface area contributed by atoms with Gasteiger partial charge in [-0.05, 0) is 48.1 Å². The standard InChI is InChI=1S/C12H18S/c1-9(2)10-5-3-4-6-12-11(10)7-8-13-12/h7-10H,3-6H2,1-2H3. The number of hydrogen-bond donors (Lipinski definition) is 0. The van der Waals surface area contributed by atoms with Crippen LogP contribution in [0, 0.1) is 5.92 Å². The molecule has 0 N–H and O–H groups in total. The Kier molecular flexibility index (Phi) is 2.73. The van der Waals surface area contributed by atoms with Gasteiger partial charge in [-0.15, -0.1) is 11.3 Å². The second-order valence-corrected chi connectivity index (χ2v) is 5.40. The molecule has 0 amide bonds. The molecule has 13 heavy (non-hydrogen) atoms. The number of aryl methyl sites for hydroxylation is 1. The third-order valence-corrected chi connectivity index (χ3v) is 4.15. The minimum Gasteiger partial charge on any atom is -0.149 e. The molecule has 0 fully saturated rings. The van der Waals surface area contributed by atoms with Crippen LogP contribution >= 0.6 is 11.3 Å². The molecule has 1 aromatic rings. The van der Waals surface area contributed by atoms with E-state index in [4.69, 9.17) is 0 Å². The molecule has 1 aliphatic rings. The molecule has 1 aromatic heterocycles. The van der Waals surface area contributed by atoms with Crippen LogP contribution in [0.4, 0.5) is 0 Å². The largest absolute Gasteiger partial charge is 0.149 e. The summed E-state index contributed by atoms with van der Waals surface area (Å²) in [5.74, 6) is 1.65. The van der Waals surface area contributed by atoms with Gasteiger partial charge in [0.15, 0.2) is 0 Å². The molecular weight excluding hydrogens is 176 g/mol. The van der Waals surface area contributed by atoms with E-state index in [0.717, 1.165) is 11.8 Å². The summed E-state index contributed by atoms with van der Waals surface area (Å²) in [6, 6.07) is 2.36. The van der Waals surface area contributed by atoms with Gasteiger partial charge in [0.05, 0.1) is 0 Å². The Morgan fingerprint density at radius 1 is 1.38 bits per heavy atom. The van der Waals surface area contributed by atoms with Crippen LogP contribution in [0.2, 0.25) is 0 Å². The van der Waals surface area contributed by atoms with Gasteiger partial charge in [-0.25, -0.2) is 0 Å². The number of fused-ring (bicyclic) bond motifs is 1. The molecule has 1 unspecified atom stereocenters. The molecule has 2 rings (SSSR count). The van der Waals surface area contributed by atoms with E-state index in [-0.39, 0.29) is 0 Å². The predicted molar refractivity (Wildman–Crippen MR) is 59.5 cm³/mol. The van der Waals surface area contributed by atoms with Crippen molar-refractivity contribution in [2.75, 3.05) is 0 Å². The first-order valence-electron chi connectivity index (χ1n) is 5.35. The topological polar surface area (TPSA) is 0 Å². The van der Waals surface area contributed by atoms with Crippen LogP contribution in [-0.4, -0.2) is 0 Å². The second kappa shape index (κ2) is 3.83. The van der Waals surface area contributed by atoms with Crippen LogP contribution in [0.25, 0.3) is 0 Å². The lowest BCUT2D eigenvalue weighted by molar-refractivity contribution is 0.461. The summed E-state index contributed by atoms with van der Waals surface area (Å²) >= 11 is 1.96. The summed E-state index contributed by atoms with van der Waals surface area (Å²) < 4.78 is 0. The molecule has 0 radical (unpaired) electrons. The van der Waals surface area contributed by atoms with Crippen LogP contribution in [-0.2, 0) is 6.42 Å². The van der Waals surface area contributed by atoms with Gasteiger partial charge in [-0.2, -0.15) is 0 Å². The first-order valence-corrected chi connectivity index (χ1v) is 6.23. The molecule has 0 nitrogen and oxygen atoms in total. The third kappa shape index (κ3) is 1.80. The summed E-state index contributed by atoms with van der Waals surface area (Å²) in [6.07, 6.45) is 5.55. The van der Waals surface area contributed by atoms with Crippen molar-refractivity contribution >= 4 is 11.3 Å². The zero-order valence-corrected chi connectivity index (χ0v) is 9.36. The summed E-state index contributed by atoms with van der Waals surface area (Å²) in [5, 5.41) is 2.27. The SMILES string of the molecule is CC(C)C1CCCCc2sccc21. The van der Waals surface area contributed by atoms with Crippen LogP contribution in [0.15, 0.2) is 11.4 Å². The van der Waals surface area contributed by atoms with Crippen molar-refractivity contribution in [3.05, 3.63) is 21.9 Å². The van der Waals surface area contributed by atoms with Crippen LogP contribution in [0.5, 0.6) is 0 Å². The Hall–Kier alpha value is -0.300. The number of rotatable bonds is 1. The highest BCUT2D eigenvalue weighted by Crippen LogP contribution is 2.37. The average Bonchev–Trinajstić information content (AvgIpc) is 2.44. The van der Waals surface area contributed by atoms with E-state index in [1.54, 1.807) is 10.4 Å². The van der Waals surface area contributed by atoms with Gasteiger partial charge in [0.2, 0.25) is 0 Å². The molecule has 0 saturated heterocycles. The molecule has 1 heterocycles. The zero-order valence-electron chi connectivity index (χ0n) is 8.55. The third-order valence-electron chi connectivity index (χ3n) is 3.15. The maximum Gasteiger partial charge on any atom is 0.00801 e. The molecular formula is C12H18S. The molecule has 0 spiro atoms. The van der Waals surface area contributed by atoms with Crippen molar-refractivity contribution in [2.45, 2.75) is 45.4 Å². The first kappa shape index (κ1) is 9.26. The van der Waals surface area contributed by atoms with Crippen molar-refractivity contribution in [2.24, 2.45) is 5.92 Å². The van der Waals surface area contributed by atoms with Gasteiger partial charge >= 0.3 is 0 Å². The van der Waals surface area contributed by atoms with Crippen LogP contribution in [0.3, 0.4) is 0 Å². The van der Waals surface area contributed by atoms with Gasteiger partial charge in [-0.1, -0.05) is 20.3 Å². The molecule has 0 aromatic carbocycles. The van der Waals surface area contributed by atoms with Crippen molar-refractivity contribution in [3.8, 4) is 0 Å². The van der Waals surface area contributed by atoms with Gasteiger partial charge < -0.3 is 0 Å². The van der Waals surface area contributed by atoms with E-state index < -0.39 is 0 Å². The van der Waals surface area contributed by atoms with E-state index in [0.29, 0.717) is 0 Å². The minimum absolute atomic E-state index is 0.812. The molecule has 1 atom stereocenters. The van der Waals surface area contributed by atoms with Gasteiger partial charge in [0.25, 0.3) is 0 Å². The molecule has 0 saturated carbocycles. The Bertz CT molecular complexity index is 272. The Balaban J connectivity index is 2.30. The number of hydrogen-bond acceptors (Lipinski definition) is 1. The number of thiophene rings is 1. The quantitative estimate of drug-likeness (QED) is 0.587. The van der Waals surface area contributed by atoms with Gasteiger partial charge in [0.1, 0.15) is 0 Å². The van der Waals surface area contributed by atoms with Crippen LogP contribution < -0.4 is 0 Å². The Morgan fingerprint density at radius 3 is 3.00 bits per heavy atom. The Labute approximate surface area is 85.0 Å². The van der Waals surface area contributed by atoms with E-state index in [1.807, 2.05) is 11.3 Å². The lowest BCUT2D eigenvalue weighted by Crippen LogP contribution is -2.05. The summed E-state index contributed by atoms with van der Waals surface area (Å²) in [6.45, 7) is 4.72. The highest BCUT2D eigenvalue weighted by Gasteiger charge is 2.21. The fraction of sp³-hybridized carbons (Fsp3) is 0.667. The van der Waals surface area contributed by atoms with Crippen molar-refractivity contribution < 1.29 is 0 Å². The van der Waals surface area contributed by atoms with Gasteiger partial charge in [-0.3, -0.25) is 0 Å². The van der Waals surface area contributed by atoms with E-state index in [9.17, 15) is 0 Å². The maximum atomic E-state index is 2.36. The molecule has 72 valence electrons. The Morgan fingerprint density at radius 2 is 2.23 bits per heavy atom. The van der Waals surface area contributed by atoms with Crippen molar-refractivity contribution in [1.29, 1.82) is 0 Å². The van der Waals surface area contributed by atoms with E-state index in [2.05, 4.69) is 25.3 Å². The normalized spacial score (nSPS) is 22.8. The lowest BCUT2D eigenvalue weighted by atomic mass is 9.86. The fourth-order valence-corrected chi connectivity index (χ4v) is 3.38. The second-order valence-electron chi connectivity index (χ2n) is 4.40. The minimum atomic E-state index is 0.812. The molecule has 1 aliphatic carbocycles. The van der Waals surface area contributed by atoms with E-state index >= 15 is 0 Å².